The summed E-state index contributed by atoms with van der Waals surface area (Å²) in [6, 6.07) is 5.38. The van der Waals surface area contributed by atoms with Crippen molar-refractivity contribution in [1.82, 2.24) is 0 Å². The number of Topliss-reactive ketones (excluding diaryl/α,β-unsaturated/α-hetero) is 2. The molecule has 0 bridgehead atoms. The molecule has 0 aromatic heterocycles. The molecule has 0 amide bonds. The van der Waals surface area contributed by atoms with Crippen LogP contribution in [0.1, 0.15) is 47.1 Å². The van der Waals surface area contributed by atoms with E-state index in [1.165, 1.54) is 6.92 Å². The van der Waals surface area contributed by atoms with Crippen molar-refractivity contribution >= 4 is 11.6 Å². The minimum atomic E-state index is -0.0788. The highest BCUT2D eigenvalue weighted by Crippen LogP contribution is 2.16. The van der Waals surface area contributed by atoms with Gasteiger partial charge in [-0.1, -0.05) is 31.5 Å². The van der Waals surface area contributed by atoms with E-state index in [-0.39, 0.29) is 17.5 Å². The molecule has 1 rings (SSSR count). The first-order valence-electron chi connectivity index (χ1n) is 5.09. The summed E-state index contributed by atoms with van der Waals surface area (Å²) in [5, 5.41) is 0. The Balaban J connectivity index is 3.30. The Labute approximate surface area is 90.3 Å². The number of benzene rings is 1. The second kappa shape index (κ2) is 4.39. The number of carbonyl (C=O) groups is 2. The van der Waals surface area contributed by atoms with Gasteiger partial charge in [-0.3, -0.25) is 9.59 Å². The van der Waals surface area contributed by atoms with Crippen molar-refractivity contribution in [2.45, 2.75) is 27.7 Å². The molecular formula is C13H16O2. The van der Waals surface area contributed by atoms with Crippen molar-refractivity contribution in [3.63, 3.8) is 0 Å². The lowest BCUT2D eigenvalue weighted by atomic mass is 9.93. The van der Waals surface area contributed by atoms with Crippen LogP contribution in [0.3, 0.4) is 0 Å². The molecule has 15 heavy (non-hydrogen) atoms. The molecule has 0 unspecified atom stereocenters. The second-order valence-corrected chi connectivity index (χ2v) is 4.12. The fourth-order valence-corrected chi connectivity index (χ4v) is 1.48. The van der Waals surface area contributed by atoms with Crippen LogP contribution >= 0.6 is 0 Å². The molecule has 80 valence electrons. The van der Waals surface area contributed by atoms with Crippen LogP contribution in [0.4, 0.5) is 0 Å². The predicted octanol–water partition coefficient (Wildman–Crippen LogP) is 3.04. The molecule has 0 aliphatic rings. The Kier molecular flexibility index (Phi) is 3.40. The summed E-state index contributed by atoms with van der Waals surface area (Å²) in [6.45, 7) is 7.09. The van der Waals surface area contributed by atoms with Crippen molar-refractivity contribution in [2.24, 2.45) is 5.92 Å². The molecule has 0 aliphatic heterocycles. The number of hydrogen-bond acceptors (Lipinski definition) is 2. The lowest BCUT2D eigenvalue weighted by Gasteiger charge is -2.09. The summed E-state index contributed by atoms with van der Waals surface area (Å²) in [5.74, 6) is -0.104. The third kappa shape index (κ3) is 2.52. The average molecular weight is 204 g/mol. The summed E-state index contributed by atoms with van der Waals surface area (Å²) in [4.78, 5) is 23.2. The maximum absolute atomic E-state index is 11.9. The van der Waals surface area contributed by atoms with Crippen molar-refractivity contribution < 1.29 is 9.59 Å². The minimum Gasteiger partial charge on any atom is -0.294 e. The van der Waals surface area contributed by atoms with E-state index in [0.717, 1.165) is 5.56 Å². The molecule has 0 fully saturated rings. The Hall–Kier alpha value is -1.44. The van der Waals surface area contributed by atoms with Crippen LogP contribution in [-0.2, 0) is 0 Å². The molecule has 0 atom stereocenters. The molecule has 0 spiro atoms. The summed E-state index contributed by atoms with van der Waals surface area (Å²) < 4.78 is 0. The van der Waals surface area contributed by atoms with E-state index in [0.29, 0.717) is 11.1 Å². The van der Waals surface area contributed by atoms with Gasteiger partial charge in [0.25, 0.3) is 0 Å². The Morgan fingerprint density at radius 2 is 1.73 bits per heavy atom. The predicted molar refractivity (Wildman–Crippen MR) is 60.4 cm³/mol. The largest absolute Gasteiger partial charge is 0.294 e. The SMILES string of the molecule is CC(=O)c1ccc(C)cc1C(=O)C(C)C. The smallest absolute Gasteiger partial charge is 0.166 e. The molecule has 2 heteroatoms. The molecule has 1 aromatic rings. The number of carbonyl (C=O) groups excluding carboxylic acids is 2. The van der Waals surface area contributed by atoms with Gasteiger partial charge in [-0.25, -0.2) is 0 Å². The molecule has 0 radical (unpaired) electrons. The summed E-state index contributed by atoms with van der Waals surface area (Å²) in [5.41, 5.74) is 2.08. The van der Waals surface area contributed by atoms with Gasteiger partial charge in [-0.15, -0.1) is 0 Å². The quantitative estimate of drug-likeness (QED) is 0.709. The van der Waals surface area contributed by atoms with Crippen molar-refractivity contribution in [3.8, 4) is 0 Å². The van der Waals surface area contributed by atoms with Crippen molar-refractivity contribution in [1.29, 1.82) is 0 Å². The van der Waals surface area contributed by atoms with Crippen LogP contribution in [0.25, 0.3) is 0 Å². The highest BCUT2D eigenvalue weighted by atomic mass is 16.1. The van der Waals surface area contributed by atoms with E-state index >= 15 is 0 Å². The van der Waals surface area contributed by atoms with E-state index in [1.807, 2.05) is 26.8 Å². The van der Waals surface area contributed by atoms with E-state index in [9.17, 15) is 9.59 Å². The van der Waals surface area contributed by atoms with Gasteiger partial charge in [0.2, 0.25) is 0 Å². The maximum Gasteiger partial charge on any atom is 0.166 e. The molecule has 2 nitrogen and oxygen atoms in total. The molecule has 0 saturated heterocycles. The standard InChI is InChI=1S/C13H16O2/c1-8(2)13(15)12-7-9(3)5-6-11(12)10(4)14/h5-8H,1-4H3. The zero-order valence-corrected chi connectivity index (χ0v) is 9.63. The summed E-state index contributed by atoms with van der Waals surface area (Å²) in [7, 11) is 0. The molecule has 1 aromatic carbocycles. The zero-order valence-electron chi connectivity index (χ0n) is 9.63. The Bertz CT molecular complexity index is 403. The molecule has 0 N–H and O–H groups in total. The van der Waals surface area contributed by atoms with Gasteiger partial charge in [0, 0.05) is 17.0 Å². The van der Waals surface area contributed by atoms with Gasteiger partial charge in [0.05, 0.1) is 0 Å². The van der Waals surface area contributed by atoms with E-state index < -0.39 is 0 Å². The Morgan fingerprint density at radius 1 is 1.13 bits per heavy atom. The van der Waals surface area contributed by atoms with Gasteiger partial charge >= 0.3 is 0 Å². The lowest BCUT2D eigenvalue weighted by Crippen LogP contribution is -2.12. The van der Waals surface area contributed by atoms with Crippen LogP contribution in [-0.4, -0.2) is 11.6 Å². The van der Waals surface area contributed by atoms with Gasteiger partial charge < -0.3 is 0 Å². The van der Waals surface area contributed by atoms with Crippen molar-refractivity contribution in [2.75, 3.05) is 0 Å². The van der Waals surface area contributed by atoms with E-state index in [2.05, 4.69) is 0 Å². The van der Waals surface area contributed by atoms with Crippen LogP contribution in [0, 0.1) is 12.8 Å². The molecule has 0 saturated carbocycles. The van der Waals surface area contributed by atoms with E-state index in [1.54, 1.807) is 12.1 Å². The lowest BCUT2D eigenvalue weighted by molar-refractivity contribution is 0.0926. The highest BCUT2D eigenvalue weighted by molar-refractivity contribution is 6.08. The van der Waals surface area contributed by atoms with Crippen LogP contribution < -0.4 is 0 Å². The number of aryl methyl sites for hydroxylation is 1. The Morgan fingerprint density at radius 3 is 2.20 bits per heavy atom. The van der Waals surface area contributed by atoms with E-state index in [4.69, 9.17) is 0 Å². The van der Waals surface area contributed by atoms with Crippen LogP contribution in [0.15, 0.2) is 18.2 Å². The summed E-state index contributed by atoms with van der Waals surface area (Å²) >= 11 is 0. The number of rotatable bonds is 3. The molecular weight excluding hydrogens is 188 g/mol. The first-order chi connectivity index (χ1) is 6.93. The third-order valence-electron chi connectivity index (χ3n) is 2.34. The number of ketones is 2. The molecule has 0 heterocycles. The van der Waals surface area contributed by atoms with Crippen LogP contribution in [0.5, 0.6) is 0 Å². The second-order valence-electron chi connectivity index (χ2n) is 4.12. The first kappa shape index (κ1) is 11.6. The highest BCUT2D eigenvalue weighted by Gasteiger charge is 2.16. The fourth-order valence-electron chi connectivity index (χ4n) is 1.48. The van der Waals surface area contributed by atoms with Gasteiger partial charge in [-0.2, -0.15) is 0 Å². The van der Waals surface area contributed by atoms with Gasteiger partial charge in [0.1, 0.15) is 0 Å². The number of hydrogen-bond donors (Lipinski definition) is 0. The first-order valence-corrected chi connectivity index (χ1v) is 5.09. The van der Waals surface area contributed by atoms with Crippen LogP contribution in [0.2, 0.25) is 0 Å². The fraction of sp³-hybridized carbons (Fsp3) is 0.385. The third-order valence-corrected chi connectivity index (χ3v) is 2.34. The topological polar surface area (TPSA) is 34.1 Å². The maximum atomic E-state index is 11.9. The molecule has 0 aliphatic carbocycles. The monoisotopic (exact) mass is 204 g/mol. The zero-order chi connectivity index (χ0) is 11.6. The van der Waals surface area contributed by atoms with Gasteiger partial charge in [0.15, 0.2) is 11.6 Å². The minimum absolute atomic E-state index is 0.0314. The normalized spacial score (nSPS) is 10.5. The summed E-state index contributed by atoms with van der Waals surface area (Å²) in [6.07, 6.45) is 0. The average Bonchev–Trinajstić information content (AvgIpc) is 2.15. The van der Waals surface area contributed by atoms with Gasteiger partial charge in [-0.05, 0) is 19.9 Å². The van der Waals surface area contributed by atoms with Crippen molar-refractivity contribution in [3.05, 3.63) is 34.9 Å².